The number of nitrogens with zero attached hydrogens (tertiary/aromatic N) is 1. The Labute approximate surface area is 135 Å². The topological polar surface area (TPSA) is 96.9 Å². The third-order valence-electron chi connectivity index (χ3n) is 3.07. The second-order valence-corrected chi connectivity index (χ2v) is 4.93. The number of esters is 1. The number of rotatable bonds is 6. The van der Waals surface area contributed by atoms with Gasteiger partial charge in [-0.15, -0.1) is 0 Å². The Kier molecular flexibility index (Phi) is 6.92. The molecule has 0 aliphatic heterocycles. The minimum Gasteiger partial charge on any atom is -0.465 e. The van der Waals surface area contributed by atoms with Crippen LogP contribution < -0.4 is 10.7 Å². The van der Waals surface area contributed by atoms with Crippen LogP contribution in [0.4, 0.5) is 5.69 Å². The van der Waals surface area contributed by atoms with Crippen molar-refractivity contribution in [3.05, 3.63) is 29.8 Å². The number of hydrogen-bond acceptors (Lipinski definition) is 5. The third kappa shape index (κ3) is 5.90. The molecule has 0 fully saturated rings. The zero-order valence-electron chi connectivity index (χ0n) is 13.7. The smallest absolute Gasteiger partial charge is 0.314 e. The van der Waals surface area contributed by atoms with E-state index >= 15 is 0 Å². The van der Waals surface area contributed by atoms with E-state index in [1.54, 1.807) is 45.0 Å². The molecule has 0 bridgehead atoms. The predicted molar refractivity (Wildman–Crippen MR) is 87.1 cm³/mol. The molecule has 0 spiro atoms. The maximum absolute atomic E-state index is 12.0. The molecule has 0 heterocycles. The zero-order chi connectivity index (χ0) is 17.4. The lowest BCUT2D eigenvalue weighted by atomic mass is 10.1. The van der Waals surface area contributed by atoms with E-state index in [2.05, 4.69) is 15.8 Å². The van der Waals surface area contributed by atoms with Crippen molar-refractivity contribution in [1.82, 2.24) is 5.43 Å². The van der Waals surface area contributed by atoms with Gasteiger partial charge in [0.1, 0.15) is 0 Å². The molecule has 0 aliphatic carbocycles. The summed E-state index contributed by atoms with van der Waals surface area (Å²) < 4.78 is 4.89. The number of hydrazone groups is 1. The van der Waals surface area contributed by atoms with Gasteiger partial charge in [0.25, 0.3) is 5.91 Å². The Bertz CT molecular complexity index is 608. The van der Waals surface area contributed by atoms with Crippen LogP contribution in [0.5, 0.6) is 0 Å². The van der Waals surface area contributed by atoms with Crippen molar-refractivity contribution in [2.75, 3.05) is 11.9 Å². The fraction of sp³-hybridized carbons (Fsp3) is 0.375. The summed E-state index contributed by atoms with van der Waals surface area (Å²) in [7, 11) is 0. The van der Waals surface area contributed by atoms with E-state index in [1.165, 1.54) is 6.92 Å². The average molecular weight is 319 g/mol. The van der Waals surface area contributed by atoms with Crippen LogP contribution in [0.2, 0.25) is 0 Å². The summed E-state index contributed by atoms with van der Waals surface area (Å²) in [5, 5.41) is 6.53. The maximum Gasteiger partial charge on any atom is 0.314 e. The fourth-order valence-electron chi connectivity index (χ4n) is 1.65. The molecule has 2 amide bonds. The Morgan fingerprint density at radius 2 is 1.78 bits per heavy atom. The van der Waals surface area contributed by atoms with Crippen molar-refractivity contribution in [3.8, 4) is 0 Å². The molecule has 1 aromatic carbocycles. The lowest BCUT2D eigenvalue weighted by Gasteiger charge is -2.10. The SMILES string of the molecule is CCOC(=O)[C@@H](C)/C(C)=N/NC(=O)c1ccc(NC(C)=O)cc1. The highest BCUT2D eigenvalue weighted by Gasteiger charge is 2.17. The van der Waals surface area contributed by atoms with Gasteiger partial charge in [-0.2, -0.15) is 5.10 Å². The highest BCUT2D eigenvalue weighted by Crippen LogP contribution is 2.09. The van der Waals surface area contributed by atoms with Gasteiger partial charge in [0.15, 0.2) is 0 Å². The van der Waals surface area contributed by atoms with Gasteiger partial charge >= 0.3 is 5.97 Å². The Hall–Kier alpha value is -2.70. The molecule has 0 aliphatic rings. The molecule has 1 aromatic rings. The predicted octanol–water partition coefficient (Wildman–Crippen LogP) is 1.95. The van der Waals surface area contributed by atoms with Crippen molar-refractivity contribution < 1.29 is 19.1 Å². The normalized spacial score (nSPS) is 12.3. The lowest BCUT2D eigenvalue weighted by Crippen LogP contribution is -2.25. The zero-order valence-corrected chi connectivity index (χ0v) is 13.7. The Balaban J connectivity index is 2.66. The maximum atomic E-state index is 12.0. The minimum absolute atomic E-state index is 0.185. The van der Waals surface area contributed by atoms with E-state index in [4.69, 9.17) is 4.74 Å². The summed E-state index contributed by atoms with van der Waals surface area (Å²) in [6.45, 7) is 6.72. The van der Waals surface area contributed by atoms with Crippen molar-refractivity contribution in [2.45, 2.75) is 27.7 Å². The van der Waals surface area contributed by atoms with Crippen LogP contribution in [-0.4, -0.2) is 30.1 Å². The van der Waals surface area contributed by atoms with E-state index in [9.17, 15) is 14.4 Å². The number of amides is 2. The highest BCUT2D eigenvalue weighted by atomic mass is 16.5. The van der Waals surface area contributed by atoms with Crippen LogP contribution in [0, 0.1) is 5.92 Å². The molecule has 0 saturated heterocycles. The molecule has 0 aromatic heterocycles. The lowest BCUT2D eigenvalue weighted by molar-refractivity contribution is -0.145. The largest absolute Gasteiger partial charge is 0.465 e. The first-order valence-corrected chi connectivity index (χ1v) is 7.24. The van der Waals surface area contributed by atoms with Crippen molar-refractivity contribution in [2.24, 2.45) is 11.0 Å². The summed E-state index contributed by atoms with van der Waals surface area (Å²) in [6, 6.07) is 6.38. The number of carbonyl (C=O) groups excluding carboxylic acids is 3. The van der Waals surface area contributed by atoms with E-state index in [1.807, 2.05) is 0 Å². The second kappa shape index (κ2) is 8.67. The molecule has 0 unspecified atom stereocenters. The first-order valence-electron chi connectivity index (χ1n) is 7.24. The van der Waals surface area contributed by atoms with Gasteiger partial charge in [-0.3, -0.25) is 14.4 Å². The van der Waals surface area contributed by atoms with Crippen molar-refractivity contribution in [1.29, 1.82) is 0 Å². The monoisotopic (exact) mass is 319 g/mol. The molecule has 23 heavy (non-hydrogen) atoms. The fourth-order valence-corrected chi connectivity index (χ4v) is 1.65. The number of benzene rings is 1. The first-order chi connectivity index (χ1) is 10.8. The summed E-state index contributed by atoms with van der Waals surface area (Å²) >= 11 is 0. The van der Waals surface area contributed by atoms with Crippen LogP contribution in [-0.2, 0) is 14.3 Å². The van der Waals surface area contributed by atoms with Crippen LogP contribution >= 0.6 is 0 Å². The molecular weight excluding hydrogens is 298 g/mol. The van der Waals surface area contributed by atoms with E-state index in [-0.39, 0.29) is 11.9 Å². The molecule has 1 rings (SSSR count). The quantitative estimate of drug-likeness (QED) is 0.476. The summed E-state index contributed by atoms with van der Waals surface area (Å²) in [4.78, 5) is 34.5. The summed E-state index contributed by atoms with van der Waals surface area (Å²) in [5.74, 6) is -1.51. The van der Waals surface area contributed by atoms with Crippen LogP contribution in [0.25, 0.3) is 0 Å². The second-order valence-electron chi connectivity index (χ2n) is 4.93. The first kappa shape index (κ1) is 18.3. The van der Waals surface area contributed by atoms with Gasteiger partial charge in [-0.25, -0.2) is 5.43 Å². The van der Waals surface area contributed by atoms with Gasteiger partial charge in [-0.1, -0.05) is 0 Å². The molecule has 7 heteroatoms. The molecule has 0 saturated carbocycles. The summed E-state index contributed by atoms with van der Waals surface area (Å²) in [6.07, 6.45) is 0. The van der Waals surface area contributed by atoms with Crippen LogP contribution in [0.3, 0.4) is 0 Å². The number of anilines is 1. The van der Waals surface area contributed by atoms with Gasteiger partial charge in [0, 0.05) is 23.9 Å². The number of nitrogens with one attached hydrogen (secondary N) is 2. The molecule has 7 nitrogen and oxygen atoms in total. The van der Waals surface area contributed by atoms with E-state index in [0.29, 0.717) is 23.6 Å². The Morgan fingerprint density at radius 1 is 1.17 bits per heavy atom. The van der Waals surface area contributed by atoms with E-state index in [0.717, 1.165) is 0 Å². The number of ether oxygens (including phenoxy) is 1. The van der Waals surface area contributed by atoms with Gasteiger partial charge in [-0.05, 0) is 45.0 Å². The van der Waals surface area contributed by atoms with Gasteiger partial charge in [0.2, 0.25) is 5.91 Å². The standard InChI is InChI=1S/C16H21N3O4/c1-5-23-16(22)10(2)11(3)18-19-15(21)13-6-8-14(9-7-13)17-12(4)20/h6-10H,5H2,1-4H3,(H,17,20)(H,19,21)/b18-11+/t10-/m0/s1. The van der Waals surface area contributed by atoms with Crippen molar-refractivity contribution in [3.63, 3.8) is 0 Å². The Morgan fingerprint density at radius 3 is 2.30 bits per heavy atom. The molecule has 124 valence electrons. The highest BCUT2D eigenvalue weighted by molar-refractivity contribution is 6.02. The van der Waals surface area contributed by atoms with Gasteiger partial charge in [0.05, 0.1) is 12.5 Å². The minimum atomic E-state index is -0.530. The molecule has 1 atom stereocenters. The molecule has 0 radical (unpaired) electrons. The average Bonchev–Trinajstić information content (AvgIpc) is 2.51. The van der Waals surface area contributed by atoms with E-state index < -0.39 is 11.8 Å². The number of carbonyl (C=O) groups is 3. The summed E-state index contributed by atoms with van der Waals surface area (Å²) in [5.41, 5.74) is 3.83. The van der Waals surface area contributed by atoms with Crippen LogP contribution in [0.15, 0.2) is 29.4 Å². The van der Waals surface area contributed by atoms with Crippen molar-refractivity contribution >= 4 is 29.2 Å². The van der Waals surface area contributed by atoms with Crippen LogP contribution in [0.1, 0.15) is 38.1 Å². The van der Waals surface area contributed by atoms with Gasteiger partial charge < -0.3 is 10.1 Å². The molecular formula is C16H21N3O4. The molecule has 2 N–H and O–H groups in total. The number of hydrogen-bond donors (Lipinski definition) is 2. The third-order valence-corrected chi connectivity index (χ3v) is 3.07.